The molecular formula is C3H6N4O3S. The first-order chi connectivity index (χ1) is 5.02. The molecule has 1 atom stereocenters. The van der Waals surface area contributed by atoms with Gasteiger partial charge in [-0.1, -0.05) is 0 Å². The molecule has 0 spiro atoms. The second-order valence-electron chi connectivity index (χ2n) is 1.90. The summed E-state index contributed by atoms with van der Waals surface area (Å²) in [6.07, 6.45) is 1.11. The lowest BCUT2D eigenvalue weighted by Gasteiger charge is -2.04. The van der Waals surface area contributed by atoms with E-state index in [-0.39, 0.29) is 0 Å². The van der Waals surface area contributed by atoms with Crippen molar-refractivity contribution in [2.45, 2.75) is 12.3 Å². The second-order valence-corrected chi connectivity index (χ2v) is 3.62. The molecule has 11 heavy (non-hydrogen) atoms. The third kappa shape index (κ3) is 1.71. The Labute approximate surface area is 62.8 Å². The molecule has 7 nitrogen and oxygen atoms in total. The Morgan fingerprint density at radius 2 is 2.27 bits per heavy atom. The molecule has 0 aliphatic heterocycles. The Bertz CT molecular complexity index is 316. The van der Waals surface area contributed by atoms with Crippen LogP contribution in [0.1, 0.15) is 12.3 Å². The van der Waals surface area contributed by atoms with Gasteiger partial charge >= 0.3 is 0 Å². The summed E-state index contributed by atoms with van der Waals surface area (Å²) >= 11 is 0. The van der Waals surface area contributed by atoms with Crippen LogP contribution in [0.2, 0.25) is 0 Å². The van der Waals surface area contributed by atoms with Crippen LogP contribution in [-0.2, 0) is 10.1 Å². The molecule has 0 amide bonds. The number of hydrogen-bond acceptors (Lipinski definition) is 5. The second kappa shape index (κ2) is 2.55. The van der Waals surface area contributed by atoms with Gasteiger partial charge < -0.3 is 0 Å². The minimum absolute atomic E-state index is 0.940. The molecule has 8 heteroatoms. The van der Waals surface area contributed by atoms with E-state index in [1.165, 1.54) is 6.92 Å². The largest absolute Gasteiger partial charge is 0.288 e. The molecule has 0 saturated heterocycles. The van der Waals surface area contributed by atoms with Crippen molar-refractivity contribution in [2.75, 3.05) is 0 Å². The molecule has 0 aliphatic rings. The van der Waals surface area contributed by atoms with Gasteiger partial charge in [-0.05, 0) is 17.4 Å². The predicted molar refractivity (Wildman–Crippen MR) is 34.1 cm³/mol. The monoisotopic (exact) mass is 178 g/mol. The van der Waals surface area contributed by atoms with Crippen LogP contribution in [0.15, 0.2) is 6.33 Å². The highest BCUT2D eigenvalue weighted by molar-refractivity contribution is 7.85. The highest BCUT2D eigenvalue weighted by atomic mass is 32.2. The first kappa shape index (κ1) is 8.08. The van der Waals surface area contributed by atoms with Crippen LogP contribution in [0.25, 0.3) is 0 Å². The lowest BCUT2D eigenvalue weighted by atomic mass is 10.8. The zero-order chi connectivity index (χ0) is 8.48. The number of tetrazole rings is 1. The maximum Gasteiger partial charge on any atom is 0.288 e. The van der Waals surface area contributed by atoms with Crippen molar-refractivity contribution >= 4 is 10.1 Å². The molecule has 0 fully saturated rings. The fourth-order valence-electron chi connectivity index (χ4n) is 0.471. The smallest absolute Gasteiger partial charge is 0.284 e. The molecule has 0 aromatic carbocycles. The summed E-state index contributed by atoms with van der Waals surface area (Å²) in [6, 6.07) is 0. The van der Waals surface area contributed by atoms with Crippen LogP contribution in [0.4, 0.5) is 0 Å². The summed E-state index contributed by atoms with van der Waals surface area (Å²) in [7, 11) is -4.11. The highest BCUT2D eigenvalue weighted by Crippen LogP contribution is 2.08. The van der Waals surface area contributed by atoms with E-state index in [0.29, 0.717) is 0 Å². The molecule has 1 rings (SSSR count). The quantitative estimate of drug-likeness (QED) is 0.588. The Balaban J connectivity index is 2.97. The Morgan fingerprint density at radius 3 is 2.64 bits per heavy atom. The Morgan fingerprint density at radius 1 is 1.64 bits per heavy atom. The zero-order valence-electron chi connectivity index (χ0n) is 5.62. The van der Waals surface area contributed by atoms with Crippen molar-refractivity contribution in [3.05, 3.63) is 6.33 Å². The molecular weight excluding hydrogens is 172 g/mol. The Kier molecular flexibility index (Phi) is 1.87. The fourth-order valence-corrected chi connectivity index (χ4v) is 0.841. The molecule has 0 aliphatic carbocycles. The third-order valence-electron chi connectivity index (χ3n) is 1.17. The van der Waals surface area contributed by atoms with Gasteiger partial charge in [0.25, 0.3) is 10.1 Å². The maximum absolute atomic E-state index is 10.5. The molecule has 1 N–H and O–H groups in total. The first-order valence-corrected chi connectivity index (χ1v) is 4.21. The summed E-state index contributed by atoms with van der Waals surface area (Å²) in [4.78, 5) is 0. The van der Waals surface area contributed by atoms with Crippen molar-refractivity contribution in [3.63, 3.8) is 0 Å². The number of aromatic nitrogens is 4. The number of hydrogen-bond donors (Lipinski definition) is 1. The van der Waals surface area contributed by atoms with Crippen LogP contribution in [0.3, 0.4) is 0 Å². The van der Waals surface area contributed by atoms with E-state index in [1.54, 1.807) is 0 Å². The third-order valence-corrected chi connectivity index (χ3v) is 2.25. The number of nitrogens with zero attached hydrogens (tertiary/aromatic N) is 4. The van der Waals surface area contributed by atoms with Crippen LogP contribution >= 0.6 is 0 Å². The fraction of sp³-hybridized carbons (Fsp3) is 0.667. The van der Waals surface area contributed by atoms with Crippen molar-refractivity contribution in [1.82, 2.24) is 20.2 Å². The van der Waals surface area contributed by atoms with E-state index in [4.69, 9.17) is 4.55 Å². The van der Waals surface area contributed by atoms with Crippen molar-refractivity contribution in [2.24, 2.45) is 0 Å². The van der Waals surface area contributed by atoms with Gasteiger partial charge in [-0.2, -0.15) is 8.42 Å². The van der Waals surface area contributed by atoms with E-state index in [1.807, 2.05) is 0 Å². The molecule has 1 unspecified atom stereocenters. The van der Waals surface area contributed by atoms with E-state index in [9.17, 15) is 8.42 Å². The average Bonchev–Trinajstić information content (AvgIpc) is 2.34. The molecule has 0 bridgehead atoms. The van der Waals surface area contributed by atoms with Gasteiger partial charge in [0.2, 0.25) is 0 Å². The van der Waals surface area contributed by atoms with Crippen molar-refractivity contribution in [3.8, 4) is 0 Å². The molecule has 1 aromatic rings. The van der Waals surface area contributed by atoms with E-state index < -0.39 is 15.5 Å². The van der Waals surface area contributed by atoms with Crippen LogP contribution < -0.4 is 0 Å². The lowest BCUT2D eigenvalue weighted by molar-refractivity contribution is 0.439. The first-order valence-electron chi connectivity index (χ1n) is 2.70. The van der Waals surface area contributed by atoms with Gasteiger partial charge in [-0.15, -0.1) is 5.10 Å². The SMILES string of the molecule is CC(n1cnnn1)S(=O)(=O)O. The maximum atomic E-state index is 10.5. The van der Waals surface area contributed by atoms with E-state index in [2.05, 4.69) is 15.5 Å². The van der Waals surface area contributed by atoms with Gasteiger partial charge in [0.1, 0.15) is 6.33 Å². The van der Waals surface area contributed by atoms with Gasteiger partial charge in [-0.3, -0.25) is 4.55 Å². The van der Waals surface area contributed by atoms with Crippen LogP contribution in [0, 0.1) is 0 Å². The topological polar surface area (TPSA) is 98.0 Å². The normalized spacial score (nSPS) is 14.7. The van der Waals surface area contributed by atoms with Crippen LogP contribution in [0.5, 0.6) is 0 Å². The minimum atomic E-state index is -4.11. The summed E-state index contributed by atoms with van der Waals surface area (Å²) in [6.45, 7) is 1.27. The van der Waals surface area contributed by atoms with Gasteiger partial charge in [0, 0.05) is 0 Å². The Hall–Kier alpha value is -1.02. The summed E-state index contributed by atoms with van der Waals surface area (Å²) < 4.78 is 30.4. The van der Waals surface area contributed by atoms with Crippen LogP contribution in [-0.4, -0.2) is 33.2 Å². The molecule has 62 valence electrons. The standard InChI is InChI=1S/C3H6N4O3S/c1-3(11(8,9)10)7-2-4-5-6-7/h2-3H,1H3,(H,8,9,10). The van der Waals surface area contributed by atoms with Crippen molar-refractivity contribution in [1.29, 1.82) is 0 Å². The highest BCUT2D eigenvalue weighted by Gasteiger charge is 2.19. The summed E-state index contributed by atoms with van der Waals surface area (Å²) in [5, 5.41) is 8.59. The predicted octanol–water partition coefficient (Wildman–Crippen LogP) is -0.921. The lowest BCUT2D eigenvalue weighted by Crippen LogP contribution is -2.16. The molecule has 0 radical (unpaired) electrons. The molecule has 1 aromatic heterocycles. The summed E-state index contributed by atoms with van der Waals surface area (Å²) in [5.41, 5.74) is 0. The van der Waals surface area contributed by atoms with Gasteiger partial charge in [0.05, 0.1) is 0 Å². The van der Waals surface area contributed by atoms with E-state index >= 15 is 0 Å². The molecule has 1 heterocycles. The van der Waals surface area contributed by atoms with E-state index in [0.717, 1.165) is 11.0 Å². The number of rotatable bonds is 2. The zero-order valence-corrected chi connectivity index (χ0v) is 6.43. The molecule has 0 saturated carbocycles. The van der Waals surface area contributed by atoms with Gasteiger partial charge in [-0.25, -0.2) is 4.68 Å². The van der Waals surface area contributed by atoms with Crippen molar-refractivity contribution < 1.29 is 13.0 Å². The minimum Gasteiger partial charge on any atom is -0.284 e. The average molecular weight is 178 g/mol. The van der Waals surface area contributed by atoms with Gasteiger partial charge in [0.15, 0.2) is 5.37 Å². The summed E-state index contributed by atoms with van der Waals surface area (Å²) in [5.74, 6) is 0.